The summed E-state index contributed by atoms with van der Waals surface area (Å²) in [4.78, 5) is 12.7. The molecule has 0 bridgehead atoms. The van der Waals surface area contributed by atoms with Crippen LogP contribution in [0.4, 0.5) is 8.78 Å². The van der Waals surface area contributed by atoms with Gasteiger partial charge in [0.05, 0.1) is 26.5 Å². The van der Waals surface area contributed by atoms with Gasteiger partial charge in [0.1, 0.15) is 5.75 Å². The molecule has 3 rings (SSSR count). The third-order valence-corrected chi connectivity index (χ3v) is 4.13. The van der Waals surface area contributed by atoms with Crippen LogP contribution in [0.3, 0.4) is 0 Å². The molecular weight excluding hydrogens is 370 g/mol. The minimum absolute atomic E-state index is 0.0818. The zero-order chi connectivity index (χ0) is 20.3. The molecule has 2 aromatic carbocycles. The molecule has 0 N–H and O–H groups in total. The highest BCUT2D eigenvalue weighted by Gasteiger charge is 2.26. The standard InChI is InChI=1S/C20H20F2N2O4/c1-20(21,22)28-15-6-4-5-14(11-15)19(25)24-10-9-16(23-24)13-7-8-17(26-2)18(12-13)27-3/h4-8,11-12H,9-10H2,1-3H3. The van der Waals surface area contributed by atoms with Crippen molar-refractivity contribution in [2.24, 2.45) is 5.10 Å². The monoisotopic (exact) mass is 390 g/mol. The fourth-order valence-electron chi connectivity index (χ4n) is 2.87. The Balaban J connectivity index is 1.80. The number of nitrogens with zero attached hydrogens (tertiary/aromatic N) is 2. The summed E-state index contributed by atoms with van der Waals surface area (Å²) in [6.07, 6.45) is -2.77. The molecule has 0 atom stereocenters. The number of hydrogen-bond donors (Lipinski definition) is 0. The highest BCUT2D eigenvalue weighted by atomic mass is 19.3. The van der Waals surface area contributed by atoms with Crippen molar-refractivity contribution < 1.29 is 27.8 Å². The van der Waals surface area contributed by atoms with E-state index in [4.69, 9.17) is 9.47 Å². The zero-order valence-corrected chi connectivity index (χ0v) is 15.7. The first-order chi connectivity index (χ1) is 13.3. The first-order valence-corrected chi connectivity index (χ1v) is 8.59. The van der Waals surface area contributed by atoms with Crippen molar-refractivity contribution in [3.05, 3.63) is 53.6 Å². The minimum Gasteiger partial charge on any atom is -0.493 e. The lowest BCUT2D eigenvalue weighted by atomic mass is 10.1. The van der Waals surface area contributed by atoms with Gasteiger partial charge in [0.2, 0.25) is 0 Å². The lowest BCUT2D eigenvalue weighted by Crippen LogP contribution is -2.24. The summed E-state index contributed by atoms with van der Waals surface area (Å²) in [5.74, 6) is 0.696. The summed E-state index contributed by atoms with van der Waals surface area (Å²) in [5.41, 5.74) is 1.76. The molecule has 0 unspecified atom stereocenters. The number of alkyl halides is 2. The molecule has 2 aromatic rings. The van der Waals surface area contributed by atoms with E-state index < -0.39 is 6.11 Å². The molecule has 0 saturated carbocycles. The van der Waals surface area contributed by atoms with Crippen LogP contribution in [0, 0.1) is 0 Å². The van der Waals surface area contributed by atoms with E-state index >= 15 is 0 Å². The fraction of sp³-hybridized carbons (Fsp3) is 0.300. The Morgan fingerprint density at radius 1 is 1.11 bits per heavy atom. The van der Waals surface area contributed by atoms with Gasteiger partial charge in [0, 0.05) is 24.5 Å². The number of halogens is 2. The largest absolute Gasteiger partial charge is 0.493 e. The molecule has 6 nitrogen and oxygen atoms in total. The first kappa shape index (κ1) is 19.6. The van der Waals surface area contributed by atoms with E-state index in [1.807, 2.05) is 6.07 Å². The number of benzene rings is 2. The van der Waals surface area contributed by atoms with E-state index in [2.05, 4.69) is 9.84 Å². The Bertz CT molecular complexity index is 909. The van der Waals surface area contributed by atoms with Crippen LogP contribution < -0.4 is 14.2 Å². The predicted octanol–water partition coefficient (Wildman–Crippen LogP) is 3.95. The zero-order valence-electron chi connectivity index (χ0n) is 15.7. The van der Waals surface area contributed by atoms with Crippen LogP contribution in [-0.2, 0) is 0 Å². The van der Waals surface area contributed by atoms with Gasteiger partial charge in [-0.1, -0.05) is 6.07 Å². The van der Waals surface area contributed by atoms with E-state index in [-0.39, 0.29) is 17.2 Å². The van der Waals surface area contributed by atoms with Crippen LogP contribution >= 0.6 is 0 Å². The third kappa shape index (κ3) is 4.39. The second-order valence-electron chi connectivity index (χ2n) is 6.23. The van der Waals surface area contributed by atoms with Crippen molar-refractivity contribution >= 4 is 11.6 Å². The number of hydrazone groups is 1. The molecule has 28 heavy (non-hydrogen) atoms. The predicted molar refractivity (Wildman–Crippen MR) is 99.4 cm³/mol. The van der Waals surface area contributed by atoms with Gasteiger partial charge in [0.15, 0.2) is 11.5 Å². The lowest BCUT2D eigenvalue weighted by molar-refractivity contribution is -0.158. The number of ether oxygens (including phenoxy) is 3. The molecule has 1 amide bonds. The quantitative estimate of drug-likeness (QED) is 0.750. The molecule has 0 saturated heterocycles. The van der Waals surface area contributed by atoms with E-state index in [1.54, 1.807) is 26.4 Å². The summed E-state index contributed by atoms with van der Waals surface area (Å²) in [7, 11) is 3.10. The van der Waals surface area contributed by atoms with Crippen molar-refractivity contribution in [3.8, 4) is 17.2 Å². The molecule has 148 valence electrons. The molecular formula is C20H20F2N2O4. The average molecular weight is 390 g/mol. The molecule has 1 heterocycles. The van der Waals surface area contributed by atoms with Gasteiger partial charge in [-0.2, -0.15) is 13.9 Å². The third-order valence-electron chi connectivity index (χ3n) is 4.13. The van der Waals surface area contributed by atoms with Crippen LogP contribution in [0.1, 0.15) is 29.3 Å². The van der Waals surface area contributed by atoms with Crippen LogP contribution in [0.5, 0.6) is 17.2 Å². The summed E-state index contributed by atoms with van der Waals surface area (Å²) < 4.78 is 41.1. The van der Waals surface area contributed by atoms with Gasteiger partial charge >= 0.3 is 6.11 Å². The molecule has 0 radical (unpaired) electrons. The van der Waals surface area contributed by atoms with Crippen molar-refractivity contribution in [3.63, 3.8) is 0 Å². The van der Waals surface area contributed by atoms with Crippen molar-refractivity contribution in [2.75, 3.05) is 20.8 Å². The Hall–Kier alpha value is -3.16. The van der Waals surface area contributed by atoms with Gasteiger partial charge in [-0.25, -0.2) is 5.01 Å². The Kier molecular flexibility index (Phi) is 5.48. The second kappa shape index (κ2) is 7.84. The SMILES string of the molecule is COc1ccc(C2=NN(C(=O)c3cccc(OC(C)(F)F)c3)CC2)cc1OC. The maximum atomic E-state index is 13.0. The number of hydrogen-bond acceptors (Lipinski definition) is 5. The number of rotatable bonds is 6. The second-order valence-corrected chi connectivity index (χ2v) is 6.23. The van der Waals surface area contributed by atoms with Crippen molar-refractivity contribution in [1.82, 2.24) is 5.01 Å². The van der Waals surface area contributed by atoms with Gasteiger partial charge in [0.25, 0.3) is 5.91 Å². The number of carbonyl (C=O) groups excluding carboxylic acids is 1. The van der Waals surface area contributed by atoms with E-state index in [0.717, 1.165) is 11.3 Å². The van der Waals surface area contributed by atoms with Crippen LogP contribution in [0.15, 0.2) is 47.6 Å². The average Bonchev–Trinajstić information content (AvgIpc) is 3.15. The smallest absolute Gasteiger partial charge is 0.394 e. The Labute approximate surface area is 161 Å². The van der Waals surface area contributed by atoms with Crippen LogP contribution in [0.25, 0.3) is 0 Å². The summed E-state index contributed by atoms with van der Waals surface area (Å²) in [5, 5.41) is 5.70. The highest BCUT2D eigenvalue weighted by Crippen LogP contribution is 2.29. The highest BCUT2D eigenvalue weighted by molar-refractivity contribution is 6.04. The summed E-state index contributed by atoms with van der Waals surface area (Å²) >= 11 is 0. The van der Waals surface area contributed by atoms with E-state index in [0.29, 0.717) is 31.4 Å². The van der Waals surface area contributed by atoms with E-state index in [9.17, 15) is 13.6 Å². The fourth-order valence-corrected chi connectivity index (χ4v) is 2.87. The van der Waals surface area contributed by atoms with Crippen molar-refractivity contribution in [2.45, 2.75) is 19.5 Å². The molecule has 0 fully saturated rings. The van der Waals surface area contributed by atoms with Crippen molar-refractivity contribution in [1.29, 1.82) is 0 Å². The van der Waals surface area contributed by atoms with Crippen LogP contribution in [-0.4, -0.2) is 43.5 Å². The Morgan fingerprint density at radius 3 is 2.54 bits per heavy atom. The molecule has 0 aliphatic carbocycles. The topological polar surface area (TPSA) is 60.4 Å². The first-order valence-electron chi connectivity index (χ1n) is 8.59. The summed E-state index contributed by atoms with van der Waals surface area (Å²) in [6, 6.07) is 11.1. The molecule has 0 spiro atoms. The maximum Gasteiger partial charge on any atom is 0.394 e. The van der Waals surface area contributed by atoms with Gasteiger partial charge in [-0.15, -0.1) is 0 Å². The Morgan fingerprint density at radius 2 is 1.86 bits per heavy atom. The summed E-state index contributed by atoms with van der Waals surface area (Å²) in [6.45, 7) is 1.03. The maximum absolute atomic E-state index is 13.0. The molecule has 8 heteroatoms. The number of amides is 1. The normalized spacial score (nSPS) is 13.9. The van der Waals surface area contributed by atoms with Gasteiger partial charge in [-0.3, -0.25) is 4.79 Å². The molecule has 1 aliphatic heterocycles. The van der Waals surface area contributed by atoms with Crippen LogP contribution in [0.2, 0.25) is 0 Å². The minimum atomic E-state index is -3.33. The van der Waals surface area contributed by atoms with Gasteiger partial charge < -0.3 is 14.2 Å². The number of methoxy groups -OCH3 is 2. The lowest BCUT2D eigenvalue weighted by Gasteiger charge is -2.15. The number of carbonyl (C=O) groups is 1. The molecule has 0 aromatic heterocycles. The van der Waals surface area contributed by atoms with E-state index in [1.165, 1.54) is 29.3 Å². The van der Waals surface area contributed by atoms with Gasteiger partial charge in [-0.05, 0) is 36.4 Å². The molecule has 1 aliphatic rings.